The van der Waals surface area contributed by atoms with Crippen LogP contribution in [0.15, 0.2) is 30.3 Å². The third kappa shape index (κ3) is 2.68. The number of aromatic nitrogens is 1. The lowest BCUT2D eigenvalue weighted by Gasteiger charge is -2.27. The first kappa shape index (κ1) is 14.9. The molecule has 22 heavy (non-hydrogen) atoms. The summed E-state index contributed by atoms with van der Waals surface area (Å²) in [5, 5.41) is 9.48. The zero-order valence-corrected chi connectivity index (χ0v) is 13.3. The summed E-state index contributed by atoms with van der Waals surface area (Å²) in [5.74, 6) is -0.833. The second kappa shape index (κ2) is 5.99. The van der Waals surface area contributed by atoms with Crippen molar-refractivity contribution >= 4 is 5.97 Å². The summed E-state index contributed by atoms with van der Waals surface area (Å²) in [4.78, 5) is 11.5. The van der Waals surface area contributed by atoms with E-state index in [0.29, 0.717) is 11.6 Å². The predicted molar refractivity (Wildman–Crippen MR) is 88.4 cm³/mol. The molecule has 0 amide bonds. The summed E-state index contributed by atoms with van der Waals surface area (Å²) in [6, 6.07) is 10.6. The fourth-order valence-electron chi connectivity index (χ4n) is 3.59. The molecule has 1 saturated carbocycles. The molecule has 1 aliphatic rings. The van der Waals surface area contributed by atoms with Gasteiger partial charge in [-0.15, -0.1) is 0 Å². The second-order valence-corrected chi connectivity index (χ2v) is 6.36. The average molecular weight is 297 g/mol. The van der Waals surface area contributed by atoms with E-state index in [4.69, 9.17) is 0 Å². The lowest BCUT2D eigenvalue weighted by Crippen LogP contribution is -2.15. The van der Waals surface area contributed by atoms with Crippen molar-refractivity contribution in [2.75, 3.05) is 0 Å². The van der Waals surface area contributed by atoms with Gasteiger partial charge in [0.1, 0.15) is 0 Å². The number of nitrogens with zero attached hydrogens (tertiary/aromatic N) is 1. The molecule has 1 N–H and O–H groups in total. The third-order valence-electron chi connectivity index (χ3n) is 4.81. The highest BCUT2D eigenvalue weighted by molar-refractivity contribution is 5.91. The van der Waals surface area contributed by atoms with Crippen LogP contribution in [-0.4, -0.2) is 15.6 Å². The van der Waals surface area contributed by atoms with Crippen molar-refractivity contribution in [3.63, 3.8) is 0 Å². The molecular formula is C19H23NO2. The summed E-state index contributed by atoms with van der Waals surface area (Å²) in [5.41, 5.74) is 4.68. The van der Waals surface area contributed by atoms with Gasteiger partial charge < -0.3 is 9.67 Å². The Morgan fingerprint density at radius 3 is 2.32 bits per heavy atom. The van der Waals surface area contributed by atoms with Crippen LogP contribution in [0.4, 0.5) is 0 Å². The van der Waals surface area contributed by atoms with E-state index in [1.807, 2.05) is 13.0 Å². The summed E-state index contributed by atoms with van der Waals surface area (Å²) in [7, 11) is 0. The Bertz CT molecular complexity index is 676. The van der Waals surface area contributed by atoms with Gasteiger partial charge in [-0.1, -0.05) is 49.1 Å². The minimum atomic E-state index is -0.833. The monoisotopic (exact) mass is 297 g/mol. The summed E-state index contributed by atoms with van der Waals surface area (Å²) in [6.07, 6.45) is 6.05. The molecule has 0 unspecified atom stereocenters. The van der Waals surface area contributed by atoms with E-state index in [2.05, 4.69) is 35.8 Å². The standard InChI is InChI=1S/C19H23NO2/c1-13-8-10-15(11-9-13)18-12-17(19(21)22)14(2)20(18)16-6-4-3-5-7-16/h8-12,16H,3-7H2,1-2H3,(H,21,22). The molecule has 0 atom stereocenters. The van der Waals surface area contributed by atoms with Crippen molar-refractivity contribution < 1.29 is 9.90 Å². The second-order valence-electron chi connectivity index (χ2n) is 6.36. The van der Waals surface area contributed by atoms with Gasteiger partial charge in [-0.3, -0.25) is 0 Å². The van der Waals surface area contributed by atoms with E-state index in [-0.39, 0.29) is 0 Å². The fraction of sp³-hybridized carbons (Fsp3) is 0.421. The average Bonchev–Trinajstić information content (AvgIpc) is 2.86. The highest BCUT2D eigenvalue weighted by atomic mass is 16.4. The van der Waals surface area contributed by atoms with Crippen LogP contribution in [0.2, 0.25) is 0 Å². The summed E-state index contributed by atoms with van der Waals surface area (Å²) >= 11 is 0. The zero-order chi connectivity index (χ0) is 15.7. The number of hydrogen-bond acceptors (Lipinski definition) is 1. The molecule has 116 valence electrons. The fourth-order valence-corrected chi connectivity index (χ4v) is 3.59. The Balaban J connectivity index is 2.12. The molecule has 1 fully saturated rings. The Kier molecular flexibility index (Phi) is 4.06. The van der Waals surface area contributed by atoms with E-state index < -0.39 is 5.97 Å². The molecule has 3 rings (SSSR count). The van der Waals surface area contributed by atoms with Crippen molar-refractivity contribution in [2.45, 2.75) is 52.0 Å². The molecule has 0 radical (unpaired) electrons. The lowest BCUT2D eigenvalue weighted by molar-refractivity contribution is 0.0696. The van der Waals surface area contributed by atoms with Gasteiger partial charge in [0.15, 0.2) is 0 Å². The molecule has 3 nitrogen and oxygen atoms in total. The van der Waals surface area contributed by atoms with Crippen LogP contribution in [-0.2, 0) is 0 Å². The van der Waals surface area contributed by atoms with Gasteiger partial charge in [0.2, 0.25) is 0 Å². The Morgan fingerprint density at radius 2 is 1.73 bits per heavy atom. The van der Waals surface area contributed by atoms with Gasteiger partial charge in [-0.2, -0.15) is 0 Å². The molecule has 1 aromatic carbocycles. The first-order valence-electron chi connectivity index (χ1n) is 8.10. The molecule has 1 heterocycles. The maximum Gasteiger partial charge on any atom is 0.337 e. The van der Waals surface area contributed by atoms with Gasteiger partial charge in [-0.25, -0.2) is 4.79 Å². The van der Waals surface area contributed by atoms with E-state index in [0.717, 1.165) is 29.8 Å². The maximum atomic E-state index is 11.5. The molecular weight excluding hydrogens is 274 g/mol. The minimum absolute atomic E-state index is 0.429. The van der Waals surface area contributed by atoms with Crippen molar-refractivity contribution in [3.05, 3.63) is 47.2 Å². The minimum Gasteiger partial charge on any atom is -0.478 e. The van der Waals surface area contributed by atoms with E-state index in [9.17, 15) is 9.90 Å². The van der Waals surface area contributed by atoms with Crippen molar-refractivity contribution in [3.8, 4) is 11.3 Å². The van der Waals surface area contributed by atoms with Crippen LogP contribution < -0.4 is 0 Å². The first-order valence-corrected chi connectivity index (χ1v) is 8.10. The van der Waals surface area contributed by atoms with Gasteiger partial charge in [0, 0.05) is 17.4 Å². The number of aromatic carboxylic acids is 1. The summed E-state index contributed by atoms with van der Waals surface area (Å²) < 4.78 is 2.27. The van der Waals surface area contributed by atoms with Gasteiger partial charge in [0.25, 0.3) is 0 Å². The number of hydrogen-bond donors (Lipinski definition) is 1. The molecule has 0 spiro atoms. The van der Waals surface area contributed by atoms with Crippen LogP contribution in [0.5, 0.6) is 0 Å². The molecule has 3 heteroatoms. The van der Waals surface area contributed by atoms with Crippen LogP contribution in [0.1, 0.15) is 59.8 Å². The van der Waals surface area contributed by atoms with Crippen molar-refractivity contribution in [1.82, 2.24) is 4.57 Å². The van der Waals surface area contributed by atoms with Crippen LogP contribution in [0.3, 0.4) is 0 Å². The Morgan fingerprint density at radius 1 is 1.09 bits per heavy atom. The van der Waals surface area contributed by atoms with Crippen molar-refractivity contribution in [1.29, 1.82) is 0 Å². The highest BCUT2D eigenvalue weighted by Crippen LogP contribution is 2.36. The summed E-state index contributed by atoms with van der Waals surface area (Å²) in [6.45, 7) is 4.01. The predicted octanol–water partition coefficient (Wildman–Crippen LogP) is 4.98. The molecule has 0 bridgehead atoms. The normalized spacial score (nSPS) is 15.9. The smallest absolute Gasteiger partial charge is 0.337 e. The molecule has 0 aliphatic heterocycles. The number of aryl methyl sites for hydroxylation is 1. The highest BCUT2D eigenvalue weighted by Gasteiger charge is 2.24. The van der Waals surface area contributed by atoms with Crippen LogP contribution >= 0.6 is 0 Å². The third-order valence-corrected chi connectivity index (χ3v) is 4.81. The van der Waals surface area contributed by atoms with E-state index in [1.165, 1.54) is 24.8 Å². The Labute approximate surface area is 131 Å². The largest absolute Gasteiger partial charge is 0.478 e. The Hall–Kier alpha value is -2.03. The van der Waals surface area contributed by atoms with Gasteiger partial charge >= 0.3 is 5.97 Å². The van der Waals surface area contributed by atoms with Crippen LogP contribution in [0.25, 0.3) is 11.3 Å². The van der Waals surface area contributed by atoms with Crippen LogP contribution in [0, 0.1) is 13.8 Å². The maximum absolute atomic E-state index is 11.5. The van der Waals surface area contributed by atoms with Crippen molar-refractivity contribution in [2.24, 2.45) is 0 Å². The first-order chi connectivity index (χ1) is 10.6. The SMILES string of the molecule is Cc1ccc(-c2cc(C(=O)O)c(C)n2C2CCCCC2)cc1. The molecule has 2 aromatic rings. The number of carboxylic acid groups (broad SMARTS) is 1. The number of benzene rings is 1. The van der Waals surface area contributed by atoms with E-state index in [1.54, 1.807) is 0 Å². The number of carboxylic acids is 1. The van der Waals surface area contributed by atoms with Gasteiger partial charge in [0.05, 0.1) is 5.56 Å². The topological polar surface area (TPSA) is 42.2 Å². The van der Waals surface area contributed by atoms with E-state index >= 15 is 0 Å². The number of carbonyl (C=O) groups is 1. The molecule has 1 aliphatic carbocycles. The number of rotatable bonds is 3. The lowest BCUT2D eigenvalue weighted by atomic mass is 9.94. The zero-order valence-electron chi connectivity index (χ0n) is 13.3. The van der Waals surface area contributed by atoms with Gasteiger partial charge in [-0.05, 0) is 38.3 Å². The molecule has 1 aromatic heterocycles. The quantitative estimate of drug-likeness (QED) is 0.868. The molecule has 0 saturated heterocycles.